The van der Waals surface area contributed by atoms with Crippen molar-refractivity contribution in [3.05, 3.63) is 102 Å². The van der Waals surface area contributed by atoms with E-state index in [0.29, 0.717) is 11.1 Å². The highest BCUT2D eigenvalue weighted by Gasteiger charge is 2.21. The minimum atomic E-state index is -1.47. The predicted octanol–water partition coefficient (Wildman–Crippen LogP) is 8.02. The topological polar surface area (TPSA) is 26.0 Å². The summed E-state index contributed by atoms with van der Waals surface area (Å²) < 4.78 is 63.0. The van der Waals surface area contributed by atoms with Gasteiger partial charge in [0.25, 0.3) is 0 Å². The Hall–Kier alpha value is -4.19. The van der Waals surface area contributed by atoms with Crippen LogP contribution < -0.4 is 0 Å². The van der Waals surface area contributed by atoms with Gasteiger partial charge in [-0.15, -0.1) is 0 Å². The van der Waals surface area contributed by atoms with E-state index in [2.05, 4.69) is 4.98 Å². The van der Waals surface area contributed by atoms with Gasteiger partial charge in [0.2, 0.25) is 0 Å². The van der Waals surface area contributed by atoms with E-state index in [9.17, 15) is 17.6 Å². The van der Waals surface area contributed by atoms with Crippen molar-refractivity contribution in [1.29, 1.82) is 0 Å². The molecule has 2 heterocycles. The van der Waals surface area contributed by atoms with E-state index in [0.717, 1.165) is 39.6 Å². The number of nitrogens with zero attached hydrogens (tertiary/aromatic N) is 1. The van der Waals surface area contributed by atoms with E-state index >= 15 is 0 Å². The molecule has 0 bridgehead atoms. The van der Waals surface area contributed by atoms with Crippen LogP contribution in [0.3, 0.4) is 0 Å². The summed E-state index contributed by atoms with van der Waals surface area (Å²) in [5.74, 6) is -5.54. The summed E-state index contributed by atoms with van der Waals surface area (Å²) in [6, 6.07) is 22.2. The maximum absolute atomic E-state index is 14.8. The number of rotatable bonds is 2. The highest BCUT2D eigenvalue weighted by molar-refractivity contribution is 6.05. The second-order valence-corrected chi connectivity index (χ2v) is 7.73. The van der Waals surface area contributed by atoms with Crippen LogP contribution in [0.2, 0.25) is 0 Å². The highest BCUT2D eigenvalue weighted by atomic mass is 19.2. The fourth-order valence-corrected chi connectivity index (χ4v) is 4.17. The van der Waals surface area contributed by atoms with Gasteiger partial charge in [-0.05, 0) is 47.5 Å². The van der Waals surface area contributed by atoms with Gasteiger partial charge in [0, 0.05) is 16.3 Å². The molecule has 0 unspecified atom stereocenters. The minimum Gasteiger partial charge on any atom is -0.456 e. The van der Waals surface area contributed by atoms with Crippen molar-refractivity contribution >= 4 is 32.8 Å². The molecule has 160 valence electrons. The zero-order chi connectivity index (χ0) is 22.7. The van der Waals surface area contributed by atoms with Crippen LogP contribution in [0.25, 0.3) is 55.2 Å². The van der Waals surface area contributed by atoms with Crippen molar-refractivity contribution in [1.82, 2.24) is 4.98 Å². The average molecular weight is 443 g/mol. The standard InChI is InChI=1S/C27H13F4NO/c28-19-10-11-20-23(24(19)29)25(30)26(31)27(32-20)16-5-3-4-14(12-16)15-8-9-18-17-6-1-2-7-21(17)33-22(18)13-15/h1-13H. The Kier molecular flexibility index (Phi) is 4.23. The Labute approximate surface area is 184 Å². The summed E-state index contributed by atoms with van der Waals surface area (Å²) >= 11 is 0. The number of hydrogen-bond donors (Lipinski definition) is 0. The van der Waals surface area contributed by atoms with E-state index in [4.69, 9.17) is 4.42 Å². The van der Waals surface area contributed by atoms with Gasteiger partial charge in [0.1, 0.15) is 16.9 Å². The van der Waals surface area contributed by atoms with Gasteiger partial charge in [-0.25, -0.2) is 22.5 Å². The number of benzene rings is 4. The third kappa shape index (κ3) is 2.98. The Morgan fingerprint density at radius 3 is 2.21 bits per heavy atom. The first kappa shape index (κ1) is 19.5. The summed E-state index contributed by atoms with van der Waals surface area (Å²) in [6.07, 6.45) is 0. The van der Waals surface area contributed by atoms with Crippen LogP contribution in [0.4, 0.5) is 17.6 Å². The van der Waals surface area contributed by atoms with Crippen LogP contribution in [0, 0.1) is 23.3 Å². The number of para-hydroxylation sites is 1. The molecular formula is C27H13F4NO. The van der Waals surface area contributed by atoms with Crippen molar-refractivity contribution in [2.45, 2.75) is 0 Å². The van der Waals surface area contributed by atoms with Gasteiger partial charge in [-0.2, -0.15) is 0 Å². The Bertz CT molecular complexity index is 1720. The van der Waals surface area contributed by atoms with Crippen molar-refractivity contribution in [3.8, 4) is 22.4 Å². The number of fused-ring (bicyclic) bond motifs is 4. The molecular weight excluding hydrogens is 430 g/mol. The van der Waals surface area contributed by atoms with Gasteiger partial charge >= 0.3 is 0 Å². The Morgan fingerprint density at radius 2 is 1.33 bits per heavy atom. The van der Waals surface area contributed by atoms with E-state index in [1.807, 2.05) is 48.5 Å². The molecule has 0 amide bonds. The Morgan fingerprint density at radius 1 is 0.576 bits per heavy atom. The average Bonchev–Trinajstić information content (AvgIpc) is 3.21. The van der Waals surface area contributed by atoms with Crippen molar-refractivity contribution in [2.75, 3.05) is 0 Å². The van der Waals surface area contributed by atoms with Crippen LogP contribution in [0.15, 0.2) is 83.3 Å². The van der Waals surface area contributed by atoms with E-state index < -0.39 is 28.7 Å². The molecule has 0 fully saturated rings. The molecule has 0 saturated carbocycles. The third-order valence-corrected chi connectivity index (χ3v) is 5.77. The summed E-state index contributed by atoms with van der Waals surface area (Å²) in [4.78, 5) is 4.08. The summed E-state index contributed by atoms with van der Waals surface area (Å²) in [5.41, 5.74) is 2.90. The molecule has 4 aromatic carbocycles. The van der Waals surface area contributed by atoms with Crippen LogP contribution in [0.5, 0.6) is 0 Å². The second kappa shape index (κ2) is 7.17. The molecule has 0 aliphatic carbocycles. The predicted molar refractivity (Wildman–Crippen MR) is 120 cm³/mol. The minimum absolute atomic E-state index is 0.170. The van der Waals surface area contributed by atoms with Crippen molar-refractivity contribution in [3.63, 3.8) is 0 Å². The molecule has 6 rings (SSSR count). The first-order chi connectivity index (χ1) is 16.0. The summed E-state index contributed by atoms with van der Waals surface area (Å²) in [7, 11) is 0. The van der Waals surface area contributed by atoms with Gasteiger partial charge < -0.3 is 4.42 Å². The van der Waals surface area contributed by atoms with Crippen LogP contribution >= 0.6 is 0 Å². The van der Waals surface area contributed by atoms with Gasteiger partial charge in [0.05, 0.1) is 10.9 Å². The summed E-state index contributed by atoms with van der Waals surface area (Å²) in [6.45, 7) is 0. The first-order valence-corrected chi connectivity index (χ1v) is 10.2. The molecule has 0 radical (unpaired) electrons. The molecule has 0 aliphatic rings. The number of pyridine rings is 1. The SMILES string of the molecule is Fc1ccc2nc(-c3cccc(-c4ccc5c(c4)oc4ccccc45)c3)c(F)c(F)c2c1F. The van der Waals surface area contributed by atoms with E-state index in [-0.39, 0.29) is 11.2 Å². The van der Waals surface area contributed by atoms with Gasteiger partial charge in [-0.1, -0.05) is 42.5 Å². The fourth-order valence-electron chi connectivity index (χ4n) is 4.17. The maximum atomic E-state index is 14.8. The van der Waals surface area contributed by atoms with Crippen molar-refractivity contribution < 1.29 is 22.0 Å². The highest BCUT2D eigenvalue weighted by Crippen LogP contribution is 2.35. The van der Waals surface area contributed by atoms with E-state index in [1.165, 1.54) is 0 Å². The molecule has 6 aromatic rings. The number of aromatic nitrogens is 1. The van der Waals surface area contributed by atoms with E-state index in [1.54, 1.807) is 18.2 Å². The number of furan rings is 1. The Balaban J connectivity index is 1.50. The molecule has 2 nitrogen and oxygen atoms in total. The van der Waals surface area contributed by atoms with Gasteiger partial charge in [-0.3, -0.25) is 0 Å². The third-order valence-electron chi connectivity index (χ3n) is 5.77. The normalized spacial score (nSPS) is 11.6. The molecule has 0 aliphatic heterocycles. The summed E-state index contributed by atoms with van der Waals surface area (Å²) in [5, 5.41) is 1.18. The molecule has 0 saturated heterocycles. The zero-order valence-corrected chi connectivity index (χ0v) is 16.9. The smallest absolute Gasteiger partial charge is 0.185 e. The molecule has 0 spiro atoms. The van der Waals surface area contributed by atoms with Crippen LogP contribution in [-0.2, 0) is 0 Å². The quantitative estimate of drug-likeness (QED) is 0.253. The monoisotopic (exact) mass is 443 g/mol. The maximum Gasteiger partial charge on any atom is 0.185 e. The number of halogens is 4. The lowest BCUT2D eigenvalue weighted by Crippen LogP contribution is -2.00. The molecule has 2 aromatic heterocycles. The van der Waals surface area contributed by atoms with Crippen molar-refractivity contribution in [2.24, 2.45) is 0 Å². The lowest BCUT2D eigenvalue weighted by molar-refractivity contribution is 0.492. The largest absolute Gasteiger partial charge is 0.456 e. The molecule has 0 N–H and O–H groups in total. The number of hydrogen-bond acceptors (Lipinski definition) is 2. The molecule has 33 heavy (non-hydrogen) atoms. The first-order valence-electron chi connectivity index (χ1n) is 10.2. The lowest BCUT2D eigenvalue weighted by Gasteiger charge is -2.10. The molecule has 0 atom stereocenters. The van der Waals surface area contributed by atoms with Crippen LogP contribution in [0.1, 0.15) is 0 Å². The lowest BCUT2D eigenvalue weighted by atomic mass is 9.99. The fraction of sp³-hybridized carbons (Fsp3) is 0. The molecule has 6 heteroatoms. The second-order valence-electron chi connectivity index (χ2n) is 7.73. The van der Waals surface area contributed by atoms with Crippen LogP contribution in [-0.4, -0.2) is 4.98 Å². The zero-order valence-electron chi connectivity index (χ0n) is 16.9. The van der Waals surface area contributed by atoms with Gasteiger partial charge in [0.15, 0.2) is 23.3 Å².